The van der Waals surface area contributed by atoms with Gasteiger partial charge < -0.3 is 15.6 Å². The SMILES string of the molecule is [NH3+]C[C@@H](Cc1ccc(F)cc1F)C(=O)[O-]. The van der Waals surface area contributed by atoms with Gasteiger partial charge in [0.1, 0.15) is 11.6 Å². The zero-order valence-corrected chi connectivity index (χ0v) is 8.00. The van der Waals surface area contributed by atoms with Crippen molar-refractivity contribution < 1.29 is 24.4 Å². The van der Waals surface area contributed by atoms with E-state index < -0.39 is 23.5 Å². The van der Waals surface area contributed by atoms with Crippen LogP contribution < -0.4 is 10.8 Å². The Morgan fingerprint density at radius 3 is 2.60 bits per heavy atom. The Morgan fingerprint density at radius 2 is 2.13 bits per heavy atom. The van der Waals surface area contributed by atoms with Crippen LogP contribution in [0.1, 0.15) is 5.56 Å². The van der Waals surface area contributed by atoms with Gasteiger partial charge in [0.05, 0.1) is 18.4 Å². The topological polar surface area (TPSA) is 67.8 Å². The van der Waals surface area contributed by atoms with Gasteiger partial charge in [-0.3, -0.25) is 0 Å². The Bertz CT molecular complexity index is 368. The molecular formula is C10H11F2NO2. The van der Waals surface area contributed by atoms with Crippen LogP contribution in [0.2, 0.25) is 0 Å². The first kappa shape index (κ1) is 11.6. The first-order valence-corrected chi connectivity index (χ1v) is 4.48. The van der Waals surface area contributed by atoms with Gasteiger partial charge in [-0.25, -0.2) is 8.78 Å². The van der Waals surface area contributed by atoms with Gasteiger partial charge in [0.25, 0.3) is 0 Å². The number of quaternary nitrogens is 1. The molecule has 0 aliphatic rings. The molecule has 0 aromatic heterocycles. The lowest BCUT2D eigenvalue weighted by Crippen LogP contribution is -2.57. The molecule has 0 aliphatic heterocycles. The Kier molecular flexibility index (Phi) is 3.74. The van der Waals surface area contributed by atoms with E-state index in [4.69, 9.17) is 0 Å². The van der Waals surface area contributed by atoms with Crippen molar-refractivity contribution >= 4 is 5.97 Å². The van der Waals surface area contributed by atoms with E-state index in [2.05, 4.69) is 5.73 Å². The summed E-state index contributed by atoms with van der Waals surface area (Å²) in [6.45, 7) is 0.110. The van der Waals surface area contributed by atoms with Crippen LogP contribution in [0.15, 0.2) is 18.2 Å². The van der Waals surface area contributed by atoms with Crippen LogP contribution in [0.4, 0.5) is 8.78 Å². The van der Waals surface area contributed by atoms with E-state index in [-0.39, 0.29) is 18.5 Å². The molecule has 1 atom stereocenters. The summed E-state index contributed by atoms with van der Waals surface area (Å²) in [5.41, 5.74) is 3.59. The van der Waals surface area contributed by atoms with Gasteiger partial charge in [-0.15, -0.1) is 0 Å². The standard InChI is InChI=1S/C10H11F2NO2/c11-8-2-1-6(9(12)4-8)3-7(5-13)10(14)15/h1-2,4,7H,3,5,13H2,(H,14,15)/t7-/m1/s1. The quantitative estimate of drug-likeness (QED) is 0.708. The molecule has 1 rings (SSSR count). The molecule has 0 aliphatic carbocycles. The zero-order chi connectivity index (χ0) is 11.4. The first-order chi connectivity index (χ1) is 7.04. The Balaban J connectivity index is 2.84. The predicted molar refractivity (Wildman–Crippen MR) is 46.3 cm³/mol. The average Bonchev–Trinajstić information content (AvgIpc) is 2.16. The van der Waals surface area contributed by atoms with E-state index in [0.717, 1.165) is 12.1 Å². The molecule has 1 aromatic carbocycles. The summed E-state index contributed by atoms with van der Waals surface area (Å²) < 4.78 is 25.7. The molecule has 0 unspecified atom stereocenters. The van der Waals surface area contributed by atoms with E-state index in [1.54, 1.807) is 0 Å². The minimum Gasteiger partial charge on any atom is -0.550 e. The number of carboxylic acids is 1. The van der Waals surface area contributed by atoms with Gasteiger partial charge in [-0.05, 0) is 18.1 Å². The van der Waals surface area contributed by atoms with Gasteiger partial charge in [0, 0.05) is 6.07 Å². The Morgan fingerprint density at radius 1 is 1.47 bits per heavy atom. The van der Waals surface area contributed by atoms with E-state index in [1.807, 2.05) is 0 Å². The van der Waals surface area contributed by atoms with Crippen molar-refractivity contribution in [2.75, 3.05) is 6.54 Å². The predicted octanol–water partition coefficient (Wildman–Crippen LogP) is -0.885. The summed E-state index contributed by atoms with van der Waals surface area (Å²) in [6.07, 6.45) is -0.0298. The lowest BCUT2D eigenvalue weighted by atomic mass is 9.99. The van der Waals surface area contributed by atoms with Crippen LogP contribution in [0.5, 0.6) is 0 Å². The lowest BCUT2D eigenvalue weighted by Gasteiger charge is -2.14. The minimum atomic E-state index is -1.27. The van der Waals surface area contributed by atoms with Crippen LogP contribution in [-0.2, 0) is 11.2 Å². The van der Waals surface area contributed by atoms with E-state index in [0.29, 0.717) is 0 Å². The first-order valence-electron chi connectivity index (χ1n) is 4.48. The molecule has 0 fully saturated rings. The highest BCUT2D eigenvalue weighted by Crippen LogP contribution is 2.13. The second-order valence-corrected chi connectivity index (χ2v) is 3.24. The fraction of sp³-hybridized carbons (Fsp3) is 0.300. The van der Waals surface area contributed by atoms with Crippen molar-refractivity contribution in [2.45, 2.75) is 6.42 Å². The van der Waals surface area contributed by atoms with Crippen LogP contribution in [0.3, 0.4) is 0 Å². The molecule has 1 aromatic rings. The fourth-order valence-corrected chi connectivity index (χ4v) is 1.26. The number of carboxylic acid groups (broad SMARTS) is 1. The Hall–Kier alpha value is -1.49. The summed E-state index contributed by atoms with van der Waals surface area (Å²) in [7, 11) is 0. The summed E-state index contributed by atoms with van der Waals surface area (Å²) in [6, 6.07) is 3.05. The number of rotatable bonds is 4. The molecule has 82 valence electrons. The molecule has 0 spiro atoms. The highest BCUT2D eigenvalue weighted by atomic mass is 19.1. The maximum absolute atomic E-state index is 13.1. The van der Waals surface area contributed by atoms with Gasteiger partial charge >= 0.3 is 0 Å². The molecule has 0 radical (unpaired) electrons. The molecule has 0 amide bonds. The number of hydrogen-bond acceptors (Lipinski definition) is 2. The average molecular weight is 215 g/mol. The molecule has 0 heterocycles. The lowest BCUT2D eigenvalue weighted by molar-refractivity contribution is -0.387. The summed E-state index contributed by atoms with van der Waals surface area (Å²) >= 11 is 0. The number of hydrogen-bond donors (Lipinski definition) is 1. The van der Waals surface area contributed by atoms with Crippen molar-refractivity contribution in [3.05, 3.63) is 35.4 Å². The van der Waals surface area contributed by atoms with Crippen molar-refractivity contribution in [2.24, 2.45) is 5.92 Å². The minimum absolute atomic E-state index is 0.0298. The van der Waals surface area contributed by atoms with Crippen LogP contribution >= 0.6 is 0 Å². The fourth-order valence-electron chi connectivity index (χ4n) is 1.26. The van der Waals surface area contributed by atoms with E-state index in [9.17, 15) is 18.7 Å². The number of aliphatic carboxylic acids is 1. The third kappa shape index (κ3) is 2.99. The highest BCUT2D eigenvalue weighted by molar-refractivity contribution is 5.68. The highest BCUT2D eigenvalue weighted by Gasteiger charge is 2.14. The second kappa shape index (κ2) is 4.84. The largest absolute Gasteiger partial charge is 0.550 e. The number of halogens is 2. The van der Waals surface area contributed by atoms with Gasteiger partial charge in [-0.1, -0.05) is 6.07 Å². The van der Waals surface area contributed by atoms with Crippen molar-refractivity contribution in [1.29, 1.82) is 0 Å². The van der Waals surface area contributed by atoms with Crippen molar-refractivity contribution in [1.82, 2.24) is 0 Å². The van der Waals surface area contributed by atoms with E-state index >= 15 is 0 Å². The van der Waals surface area contributed by atoms with Crippen LogP contribution in [0.25, 0.3) is 0 Å². The van der Waals surface area contributed by atoms with E-state index in [1.165, 1.54) is 6.07 Å². The van der Waals surface area contributed by atoms with Crippen LogP contribution in [0, 0.1) is 17.6 Å². The summed E-state index contributed by atoms with van der Waals surface area (Å²) in [5, 5.41) is 10.6. The molecular weight excluding hydrogens is 204 g/mol. The Labute approximate surface area is 85.5 Å². The van der Waals surface area contributed by atoms with Crippen molar-refractivity contribution in [3.8, 4) is 0 Å². The smallest absolute Gasteiger partial charge is 0.129 e. The van der Waals surface area contributed by atoms with Gasteiger partial charge in [0.2, 0.25) is 0 Å². The second-order valence-electron chi connectivity index (χ2n) is 3.24. The summed E-state index contributed by atoms with van der Waals surface area (Å²) in [4.78, 5) is 10.6. The van der Waals surface area contributed by atoms with Gasteiger partial charge in [0.15, 0.2) is 0 Å². The summed E-state index contributed by atoms with van der Waals surface area (Å²) in [5.74, 6) is -3.54. The maximum Gasteiger partial charge on any atom is 0.129 e. The molecule has 0 saturated carbocycles. The maximum atomic E-state index is 13.1. The number of carbonyl (C=O) groups excluding carboxylic acids is 1. The normalized spacial score (nSPS) is 12.5. The number of carbonyl (C=O) groups is 1. The van der Waals surface area contributed by atoms with Gasteiger partial charge in [-0.2, -0.15) is 0 Å². The third-order valence-corrected chi connectivity index (χ3v) is 2.16. The molecule has 15 heavy (non-hydrogen) atoms. The van der Waals surface area contributed by atoms with Crippen molar-refractivity contribution in [3.63, 3.8) is 0 Å². The molecule has 0 saturated heterocycles. The molecule has 3 nitrogen and oxygen atoms in total. The molecule has 0 bridgehead atoms. The molecule has 3 N–H and O–H groups in total. The third-order valence-electron chi connectivity index (χ3n) is 2.16. The number of benzene rings is 1. The zero-order valence-electron chi connectivity index (χ0n) is 8.00. The monoisotopic (exact) mass is 215 g/mol. The van der Waals surface area contributed by atoms with Crippen LogP contribution in [-0.4, -0.2) is 12.5 Å². The molecule has 5 heteroatoms.